The molecule has 0 radical (unpaired) electrons. The second kappa shape index (κ2) is 8.55. The van der Waals surface area contributed by atoms with Crippen LogP contribution in [0.4, 0.5) is 10.2 Å². The summed E-state index contributed by atoms with van der Waals surface area (Å²) in [6.45, 7) is 7.59. The first-order valence-corrected chi connectivity index (χ1v) is 10.4. The van der Waals surface area contributed by atoms with E-state index < -0.39 is 5.82 Å². The molecule has 8 heteroatoms. The molecule has 2 aliphatic heterocycles. The van der Waals surface area contributed by atoms with E-state index in [9.17, 15) is 4.79 Å². The van der Waals surface area contributed by atoms with Gasteiger partial charge in [-0.2, -0.15) is 0 Å². The van der Waals surface area contributed by atoms with E-state index in [1.54, 1.807) is 31.4 Å². The average Bonchev–Trinajstić information content (AvgIpc) is 3.16. The van der Waals surface area contributed by atoms with Crippen molar-refractivity contribution in [2.24, 2.45) is 0 Å². The van der Waals surface area contributed by atoms with Gasteiger partial charge in [0.2, 0.25) is 5.91 Å². The summed E-state index contributed by atoms with van der Waals surface area (Å²) >= 11 is 0. The molecule has 0 spiro atoms. The summed E-state index contributed by atoms with van der Waals surface area (Å²) in [5.74, 6) is 0.826. The van der Waals surface area contributed by atoms with Crippen molar-refractivity contribution in [2.75, 3.05) is 44.7 Å². The molecule has 2 fully saturated rings. The van der Waals surface area contributed by atoms with Crippen LogP contribution in [0.1, 0.15) is 20.3 Å². The maximum Gasteiger partial charge on any atom is 0.240 e. The first-order chi connectivity index (χ1) is 14.5. The molecule has 0 saturated carbocycles. The van der Waals surface area contributed by atoms with E-state index in [1.165, 1.54) is 6.33 Å². The van der Waals surface area contributed by atoms with Crippen LogP contribution in [0.5, 0.6) is 5.75 Å². The highest BCUT2D eigenvalue weighted by Gasteiger charge is 2.38. The summed E-state index contributed by atoms with van der Waals surface area (Å²) in [7, 11) is 1.59. The SMILES string of the molecule is COc1ccc(-c2ncnc(N3CCN(C4CCN(C(C)C)C4=O)CC3)c2F)cc1. The van der Waals surface area contributed by atoms with Gasteiger partial charge in [-0.3, -0.25) is 9.69 Å². The monoisotopic (exact) mass is 413 g/mol. The lowest BCUT2D eigenvalue weighted by atomic mass is 10.1. The molecule has 7 nitrogen and oxygen atoms in total. The third-order valence-electron chi connectivity index (χ3n) is 6.02. The number of hydrogen-bond acceptors (Lipinski definition) is 6. The number of hydrogen-bond donors (Lipinski definition) is 0. The van der Waals surface area contributed by atoms with Gasteiger partial charge in [0, 0.05) is 44.3 Å². The minimum Gasteiger partial charge on any atom is -0.497 e. The molecule has 1 aromatic heterocycles. The molecule has 3 heterocycles. The number of halogens is 1. The maximum absolute atomic E-state index is 15.3. The standard InChI is InChI=1S/C22H28FN5O2/c1-15(2)28-9-8-18(22(28)29)26-10-12-27(13-11-26)21-19(23)20(24-14-25-21)16-4-6-17(30-3)7-5-16/h4-7,14-15,18H,8-13H2,1-3H3. The number of rotatable bonds is 5. The van der Waals surface area contributed by atoms with Gasteiger partial charge in [0.25, 0.3) is 0 Å². The van der Waals surface area contributed by atoms with Gasteiger partial charge in [0.15, 0.2) is 11.6 Å². The molecule has 1 unspecified atom stereocenters. The molecule has 0 bridgehead atoms. The zero-order valence-corrected chi connectivity index (χ0v) is 17.7. The van der Waals surface area contributed by atoms with Gasteiger partial charge in [0.1, 0.15) is 17.8 Å². The van der Waals surface area contributed by atoms with Crippen LogP contribution < -0.4 is 9.64 Å². The fraction of sp³-hybridized carbons (Fsp3) is 0.500. The maximum atomic E-state index is 15.3. The lowest BCUT2D eigenvalue weighted by Crippen LogP contribution is -2.53. The predicted molar refractivity (Wildman–Crippen MR) is 113 cm³/mol. The number of methoxy groups -OCH3 is 1. The van der Waals surface area contributed by atoms with Crippen LogP contribution in [0, 0.1) is 5.82 Å². The number of piperazine rings is 1. The van der Waals surface area contributed by atoms with Crippen molar-refractivity contribution in [1.29, 1.82) is 0 Å². The Labute approximate surface area is 176 Å². The normalized spacial score (nSPS) is 20.3. The van der Waals surface area contributed by atoms with Gasteiger partial charge in [-0.15, -0.1) is 0 Å². The Morgan fingerprint density at radius 1 is 1.07 bits per heavy atom. The summed E-state index contributed by atoms with van der Waals surface area (Å²) < 4.78 is 20.4. The highest BCUT2D eigenvalue weighted by Crippen LogP contribution is 2.29. The minimum absolute atomic E-state index is 0.0559. The van der Waals surface area contributed by atoms with Gasteiger partial charge in [-0.1, -0.05) is 0 Å². The first kappa shape index (κ1) is 20.5. The number of benzene rings is 1. The van der Waals surface area contributed by atoms with E-state index in [1.807, 2.05) is 9.80 Å². The molecular weight excluding hydrogens is 385 g/mol. The van der Waals surface area contributed by atoms with E-state index in [4.69, 9.17) is 4.74 Å². The van der Waals surface area contributed by atoms with Crippen molar-refractivity contribution in [1.82, 2.24) is 19.8 Å². The van der Waals surface area contributed by atoms with Gasteiger partial charge >= 0.3 is 0 Å². The molecule has 1 atom stereocenters. The second-order valence-electron chi connectivity index (χ2n) is 8.04. The Balaban J connectivity index is 1.46. The molecule has 4 rings (SSSR count). The lowest BCUT2D eigenvalue weighted by molar-refractivity contribution is -0.133. The van der Waals surface area contributed by atoms with Crippen molar-refractivity contribution in [3.05, 3.63) is 36.4 Å². The van der Waals surface area contributed by atoms with Gasteiger partial charge in [0.05, 0.1) is 13.2 Å². The van der Waals surface area contributed by atoms with Gasteiger partial charge < -0.3 is 14.5 Å². The van der Waals surface area contributed by atoms with Gasteiger partial charge in [-0.05, 0) is 44.5 Å². The predicted octanol–water partition coefficient (Wildman–Crippen LogP) is 2.42. The fourth-order valence-corrected chi connectivity index (χ4v) is 4.31. The van der Waals surface area contributed by atoms with E-state index in [0.29, 0.717) is 43.3 Å². The number of anilines is 1. The molecule has 1 aromatic carbocycles. The Morgan fingerprint density at radius 3 is 2.37 bits per heavy atom. The molecule has 2 aliphatic rings. The largest absolute Gasteiger partial charge is 0.497 e. The van der Waals surface area contributed by atoms with Crippen molar-refractivity contribution < 1.29 is 13.9 Å². The van der Waals surface area contributed by atoms with Crippen molar-refractivity contribution in [2.45, 2.75) is 32.4 Å². The zero-order chi connectivity index (χ0) is 21.3. The molecule has 160 valence electrons. The highest BCUT2D eigenvalue weighted by atomic mass is 19.1. The van der Waals surface area contributed by atoms with Crippen LogP contribution in [0.15, 0.2) is 30.6 Å². The smallest absolute Gasteiger partial charge is 0.240 e. The van der Waals surface area contributed by atoms with Crippen LogP contribution in [0.25, 0.3) is 11.3 Å². The van der Waals surface area contributed by atoms with E-state index in [0.717, 1.165) is 13.0 Å². The minimum atomic E-state index is -0.418. The van der Waals surface area contributed by atoms with Crippen LogP contribution >= 0.6 is 0 Å². The summed E-state index contributed by atoms with van der Waals surface area (Å²) in [5.41, 5.74) is 0.963. The molecule has 0 N–H and O–H groups in total. The number of ether oxygens (including phenoxy) is 1. The van der Waals surface area contributed by atoms with Crippen molar-refractivity contribution >= 4 is 11.7 Å². The van der Waals surface area contributed by atoms with Crippen LogP contribution in [0.2, 0.25) is 0 Å². The highest BCUT2D eigenvalue weighted by molar-refractivity contribution is 5.84. The number of aromatic nitrogens is 2. The Bertz CT molecular complexity index is 897. The van der Waals surface area contributed by atoms with Crippen LogP contribution in [-0.4, -0.2) is 77.6 Å². The number of likely N-dealkylation sites (tertiary alicyclic amines) is 1. The number of carbonyl (C=O) groups is 1. The Hall–Kier alpha value is -2.74. The summed E-state index contributed by atoms with van der Waals surface area (Å²) in [6.07, 6.45) is 2.27. The molecule has 1 amide bonds. The molecule has 30 heavy (non-hydrogen) atoms. The van der Waals surface area contributed by atoms with Crippen LogP contribution in [-0.2, 0) is 4.79 Å². The fourth-order valence-electron chi connectivity index (χ4n) is 4.31. The van der Waals surface area contributed by atoms with E-state index >= 15 is 4.39 Å². The van der Waals surface area contributed by atoms with E-state index in [-0.39, 0.29) is 23.7 Å². The van der Waals surface area contributed by atoms with Crippen molar-refractivity contribution in [3.8, 4) is 17.0 Å². The Morgan fingerprint density at radius 2 is 1.77 bits per heavy atom. The van der Waals surface area contributed by atoms with Crippen molar-refractivity contribution in [3.63, 3.8) is 0 Å². The van der Waals surface area contributed by atoms with Crippen LogP contribution in [0.3, 0.4) is 0 Å². The topological polar surface area (TPSA) is 61.8 Å². The summed E-state index contributed by atoms with van der Waals surface area (Å²) in [5, 5.41) is 0. The number of amides is 1. The zero-order valence-electron chi connectivity index (χ0n) is 17.7. The molecular formula is C22H28FN5O2. The third kappa shape index (κ3) is 3.84. The third-order valence-corrected chi connectivity index (χ3v) is 6.02. The second-order valence-corrected chi connectivity index (χ2v) is 8.04. The average molecular weight is 413 g/mol. The number of nitrogens with zero attached hydrogens (tertiary/aromatic N) is 5. The van der Waals surface area contributed by atoms with Gasteiger partial charge in [-0.25, -0.2) is 14.4 Å². The molecule has 2 saturated heterocycles. The lowest BCUT2D eigenvalue weighted by Gasteiger charge is -2.38. The molecule has 2 aromatic rings. The summed E-state index contributed by atoms with van der Waals surface area (Å²) in [4.78, 5) is 27.2. The first-order valence-electron chi connectivity index (χ1n) is 10.4. The Kier molecular flexibility index (Phi) is 5.85. The number of carbonyl (C=O) groups excluding carboxylic acids is 1. The van der Waals surface area contributed by atoms with E-state index in [2.05, 4.69) is 28.7 Å². The quantitative estimate of drug-likeness (QED) is 0.750. The molecule has 0 aliphatic carbocycles. The summed E-state index contributed by atoms with van der Waals surface area (Å²) in [6, 6.07) is 7.33.